The van der Waals surface area contributed by atoms with Gasteiger partial charge in [-0.15, -0.1) is 0 Å². The quantitative estimate of drug-likeness (QED) is 0.889. The molecule has 4 nitrogen and oxygen atoms in total. The number of piperidine rings is 1. The Hall–Kier alpha value is -1.13. The molecule has 1 fully saturated rings. The van der Waals surface area contributed by atoms with Crippen LogP contribution in [-0.2, 0) is 0 Å². The van der Waals surface area contributed by atoms with Crippen molar-refractivity contribution in [3.8, 4) is 0 Å². The molecule has 1 aliphatic heterocycles. The Labute approximate surface area is 112 Å². The van der Waals surface area contributed by atoms with Crippen LogP contribution in [0.3, 0.4) is 0 Å². The number of hydrogen-bond donors (Lipinski definition) is 1. The number of halogens is 1. The lowest BCUT2D eigenvalue weighted by Gasteiger charge is -2.36. The van der Waals surface area contributed by atoms with Crippen LogP contribution >= 0.6 is 11.6 Å². The zero-order valence-corrected chi connectivity index (χ0v) is 11.2. The molecular formula is C13H18ClN3O. The predicted molar refractivity (Wildman–Crippen MR) is 71.5 cm³/mol. The summed E-state index contributed by atoms with van der Waals surface area (Å²) in [6.07, 6.45) is 2.50. The molecule has 2 atom stereocenters. The minimum Gasteiger partial charge on any atom is -0.337 e. The van der Waals surface area contributed by atoms with E-state index < -0.39 is 0 Å². The van der Waals surface area contributed by atoms with Crippen molar-refractivity contribution in [2.24, 2.45) is 17.6 Å². The van der Waals surface area contributed by atoms with Crippen molar-refractivity contribution in [3.05, 3.63) is 29.0 Å². The van der Waals surface area contributed by atoms with Gasteiger partial charge in [0, 0.05) is 19.3 Å². The first kappa shape index (κ1) is 13.3. The maximum absolute atomic E-state index is 12.3. The summed E-state index contributed by atoms with van der Waals surface area (Å²) in [4.78, 5) is 18.2. The molecular weight excluding hydrogens is 250 g/mol. The number of amides is 1. The number of pyridine rings is 1. The van der Waals surface area contributed by atoms with Gasteiger partial charge in [-0.3, -0.25) is 4.79 Å². The van der Waals surface area contributed by atoms with Crippen molar-refractivity contribution < 1.29 is 4.79 Å². The summed E-state index contributed by atoms with van der Waals surface area (Å²) in [5.41, 5.74) is 6.19. The number of nitrogens with two attached hydrogens (primary N) is 1. The fourth-order valence-corrected chi connectivity index (χ4v) is 2.42. The van der Waals surface area contributed by atoms with E-state index in [4.69, 9.17) is 17.3 Å². The molecule has 0 aliphatic carbocycles. The first-order valence-electron chi connectivity index (χ1n) is 6.22. The Morgan fingerprint density at radius 2 is 2.39 bits per heavy atom. The molecule has 0 spiro atoms. The van der Waals surface area contributed by atoms with Crippen LogP contribution in [0.15, 0.2) is 18.3 Å². The largest absolute Gasteiger partial charge is 0.337 e. The molecule has 0 saturated carbocycles. The molecule has 2 unspecified atom stereocenters. The van der Waals surface area contributed by atoms with Crippen molar-refractivity contribution >= 4 is 17.5 Å². The van der Waals surface area contributed by atoms with Crippen molar-refractivity contribution in [1.82, 2.24) is 9.88 Å². The fraction of sp³-hybridized carbons (Fsp3) is 0.538. The molecule has 0 bridgehead atoms. The van der Waals surface area contributed by atoms with E-state index >= 15 is 0 Å². The van der Waals surface area contributed by atoms with Gasteiger partial charge in [0.2, 0.25) is 0 Å². The molecule has 98 valence electrons. The van der Waals surface area contributed by atoms with Gasteiger partial charge in [0.15, 0.2) is 0 Å². The maximum Gasteiger partial charge on any atom is 0.272 e. The molecule has 1 aromatic heterocycles. The molecule has 1 aliphatic rings. The SMILES string of the molecule is CC1CCN(C(=O)c2ccc(Cl)cn2)CC1CN. The minimum atomic E-state index is -0.0305. The Balaban J connectivity index is 2.07. The molecule has 2 N–H and O–H groups in total. The summed E-state index contributed by atoms with van der Waals surface area (Å²) in [7, 11) is 0. The molecule has 18 heavy (non-hydrogen) atoms. The van der Waals surface area contributed by atoms with Crippen LogP contribution in [0.2, 0.25) is 5.02 Å². The van der Waals surface area contributed by atoms with Crippen molar-refractivity contribution in [3.63, 3.8) is 0 Å². The molecule has 1 saturated heterocycles. The Morgan fingerprint density at radius 3 is 3.00 bits per heavy atom. The summed E-state index contributed by atoms with van der Waals surface area (Å²) < 4.78 is 0. The van der Waals surface area contributed by atoms with Gasteiger partial charge in [0.1, 0.15) is 5.69 Å². The lowest BCUT2D eigenvalue weighted by molar-refractivity contribution is 0.0612. The fourth-order valence-electron chi connectivity index (χ4n) is 2.31. The lowest BCUT2D eigenvalue weighted by atomic mass is 9.87. The first-order valence-corrected chi connectivity index (χ1v) is 6.60. The Kier molecular flexibility index (Phi) is 4.19. The predicted octanol–water partition coefficient (Wildman–Crippen LogP) is 1.79. The van der Waals surface area contributed by atoms with Crippen LogP contribution in [0.4, 0.5) is 0 Å². The maximum atomic E-state index is 12.3. The summed E-state index contributed by atoms with van der Waals surface area (Å²) in [5.74, 6) is 0.934. The molecule has 1 amide bonds. The zero-order chi connectivity index (χ0) is 13.1. The van der Waals surface area contributed by atoms with Crippen LogP contribution in [-0.4, -0.2) is 35.4 Å². The summed E-state index contributed by atoms with van der Waals surface area (Å²) in [6, 6.07) is 3.36. The van der Waals surface area contributed by atoms with Gasteiger partial charge in [-0.05, 0) is 36.9 Å². The molecule has 2 heterocycles. The number of hydrogen-bond acceptors (Lipinski definition) is 3. The number of rotatable bonds is 2. The van der Waals surface area contributed by atoms with E-state index in [9.17, 15) is 4.79 Å². The Morgan fingerprint density at radius 1 is 1.61 bits per heavy atom. The van der Waals surface area contributed by atoms with Gasteiger partial charge in [0.25, 0.3) is 5.91 Å². The van der Waals surface area contributed by atoms with E-state index in [1.807, 2.05) is 4.90 Å². The Bertz CT molecular complexity index is 421. The molecule has 0 radical (unpaired) electrons. The number of likely N-dealkylation sites (tertiary alicyclic amines) is 1. The second-order valence-electron chi connectivity index (χ2n) is 4.87. The van der Waals surface area contributed by atoms with E-state index in [2.05, 4.69) is 11.9 Å². The second-order valence-corrected chi connectivity index (χ2v) is 5.31. The summed E-state index contributed by atoms with van der Waals surface area (Å²) in [5, 5.41) is 0.540. The summed E-state index contributed by atoms with van der Waals surface area (Å²) in [6.45, 7) is 4.32. The lowest BCUT2D eigenvalue weighted by Crippen LogP contribution is -2.45. The standard InChI is InChI=1S/C13H18ClN3O/c1-9-4-5-17(8-10(9)6-15)13(18)12-3-2-11(14)7-16-12/h2-3,7,9-10H,4-6,8,15H2,1H3. The van der Waals surface area contributed by atoms with Gasteiger partial charge >= 0.3 is 0 Å². The van der Waals surface area contributed by atoms with Crippen LogP contribution in [0.5, 0.6) is 0 Å². The van der Waals surface area contributed by atoms with Gasteiger partial charge < -0.3 is 10.6 Å². The van der Waals surface area contributed by atoms with Crippen LogP contribution in [0, 0.1) is 11.8 Å². The van der Waals surface area contributed by atoms with Gasteiger partial charge in [0.05, 0.1) is 5.02 Å². The summed E-state index contributed by atoms with van der Waals surface area (Å²) >= 11 is 5.76. The number of nitrogens with zero attached hydrogens (tertiary/aromatic N) is 2. The average molecular weight is 268 g/mol. The van der Waals surface area contributed by atoms with Gasteiger partial charge in [-0.2, -0.15) is 0 Å². The van der Waals surface area contributed by atoms with E-state index in [1.54, 1.807) is 12.1 Å². The molecule has 1 aromatic rings. The first-order chi connectivity index (χ1) is 8.61. The number of aromatic nitrogens is 1. The van der Waals surface area contributed by atoms with Gasteiger partial charge in [-0.25, -0.2) is 4.98 Å². The second kappa shape index (κ2) is 5.67. The number of carbonyl (C=O) groups excluding carboxylic acids is 1. The van der Waals surface area contributed by atoms with E-state index in [0.29, 0.717) is 29.1 Å². The topological polar surface area (TPSA) is 59.2 Å². The zero-order valence-electron chi connectivity index (χ0n) is 10.5. The van der Waals surface area contributed by atoms with E-state index in [-0.39, 0.29) is 5.91 Å². The molecule has 2 rings (SSSR count). The minimum absolute atomic E-state index is 0.0305. The van der Waals surface area contributed by atoms with Crippen molar-refractivity contribution in [2.75, 3.05) is 19.6 Å². The highest BCUT2D eigenvalue weighted by Gasteiger charge is 2.28. The smallest absolute Gasteiger partial charge is 0.272 e. The van der Waals surface area contributed by atoms with Crippen LogP contribution < -0.4 is 5.73 Å². The highest BCUT2D eigenvalue weighted by molar-refractivity contribution is 6.30. The third-order valence-corrected chi connectivity index (χ3v) is 3.87. The average Bonchev–Trinajstić information content (AvgIpc) is 2.39. The normalized spacial score (nSPS) is 24.1. The highest BCUT2D eigenvalue weighted by atomic mass is 35.5. The highest BCUT2D eigenvalue weighted by Crippen LogP contribution is 2.23. The van der Waals surface area contributed by atoms with Crippen LogP contribution in [0.25, 0.3) is 0 Å². The van der Waals surface area contributed by atoms with Crippen molar-refractivity contribution in [2.45, 2.75) is 13.3 Å². The molecule has 5 heteroatoms. The monoisotopic (exact) mass is 267 g/mol. The third kappa shape index (κ3) is 2.82. The molecule has 0 aromatic carbocycles. The number of carbonyl (C=O) groups is 1. The van der Waals surface area contributed by atoms with Gasteiger partial charge in [-0.1, -0.05) is 18.5 Å². The van der Waals surface area contributed by atoms with E-state index in [1.165, 1.54) is 6.20 Å². The van der Waals surface area contributed by atoms with Crippen LogP contribution in [0.1, 0.15) is 23.8 Å². The third-order valence-electron chi connectivity index (χ3n) is 3.65. The van der Waals surface area contributed by atoms with E-state index in [0.717, 1.165) is 19.5 Å². The van der Waals surface area contributed by atoms with Crippen molar-refractivity contribution in [1.29, 1.82) is 0 Å².